The van der Waals surface area contributed by atoms with Crippen LogP contribution in [0.15, 0.2) is 29.1 Å². The third-order valence-electron chi connectivity index (χ3n) is 2.59. The lowest BCUT2D eigenvalue weighted by Crippen LogP contribution is -2.11. The third-order valence-corrected chi connectivity index (χ3v) is 2.59. The van der Waals surface area contributed by atoms with Gasteiger partial charge in [0.1, 0.15) is 5.75 Å². The first-order valence-corrected chi connectivity index (χ1v) is 6.00. The van der Waals surface area contributed by atoms with Gasteiger partial charge < -0.3 is 14.8 Å². The van der Waals surface area contributed by atoms with Crippen molar-refractivity contribution in [2.45, 2.75) is 26.4 Å². The molecule has 0 bridgehead atoms. The maximum Gasteiger partial charge on any atom is 0.309 e. The van der Waals surface area contributed by atoms with Crippen LogP contribution in [-0.4, -0.2) is 22.2 Å². The molecule has 0 amide bonds. The zero-order chi connectivity index (χ0) is 14.0. The Bertz CT molecular complexity index is 673. The van der Waals surface area contributed by atoms with Crippen molar-refractivity contribution in [3.63, 3.8) is 0 Å². The highest BCUT2D eigenvalue weighted by molar-refractivity contribution is 5.85. The Morgan fingerprint density at radius 2 is 2.16 bits per heavy atom. The molecule has 0 aliphatic carbocycles. The predicted molar refractivity (Wildman–Crippen MR) is 71.7 cm³/mol. The molecule has 0 atom stereocenters. The standard InChI is InChI=1S/C14H15NO4/c1-8(2)19-12-5-3-4-10-11(16)6-9(7-13(17)18)15-14(10)12/h3-6,8H,7H2,1-2H3,(H,15,16)(H,17,18). The summed E-state index contributed by atoms with van der Waals surface area (Å²) < 4.78 is 5.62. The molecule has 2 aromatic rings. The minimum atomic E-state index is -0.989. The number of carbonyl (C=O) groups is 1. The summed E-state index contributed by atoms with van der Waals surface area (Å²) in [6, 6.07) is 6.50. The van der Waals surface area contributed by atoms with E-state index < -0.39 is 5.97 Å². The van der Waals surface area contributed by atoms with E-state index in [9.17, 15) is 9.59 Å². The number of aromatic nitrogens is 1. The number of benzene rings is 1. The fraction of sp³-hybridized carbons (Fsp3) is 0.286. The Kier molecular flexibility index (Phi) is 3.55. The average Bonchev–Trinajstić information content (AvgIpc) is 2.28. The normalized spacial score (nSPS) is 10.9. The van der Waals surface area contributed by atoms with Crippen molar-refractivity contribution in [3.8, 4) is 5.75 Å². The fourth-order valence-corrected chi connectivity index (χ4v) is 1.91. The van der Waals surface area contributed by atoms with E-state index in [1.54, 1.807) is 18.2 Å². The summed E-state index contributed by atoms with van der Waals surface area (Å²) in [5.74, 6) is -0.436. The fourth-order valence-electron chi connectivity index (χ4n) is 1.91. The minimum Gasteiger partial charge on any atom is -0.489 e. The van der Waals surface area contributed by atoms with Gasteiger partial charge in [-0.15, -0.1) is 0 Å². The number of ether oxygens (including phenoxy) is 1. The summed E-state index contributed by atoms with van der Waals surface area (Å²) >= 11 is 0. The molecule has 1 aromatic carbocycles. The van der Waals surface area contributed by atoms with Gasteiger partial charge in [-0.05, 0) is 26.0 Å². The van der Waals surface area contributed by atoms with Gasteiger partial charge in [0, 0.05) is 17.1 Å². The summed E-state index contributed by atoms with van der Waals surface area (Å²) in [5.41, 5.74) is 0.698. The molecule has 0 spiro atoms. The second-order valence-electron chi connectivity index (χ2n) is 4.57. The van der Waals surface area contributed by atoms with E-state index in [4.69, 9.17) is 9.84 Å². The van der Waals surface area contributed by atoms with Crippen molar-refractivity contribution < 1.29 is 14.6 Å². The quantitative estimate of drug-likeness (QED) is 0.881. The SMILES string of the molecule is CC(C)Oc1cccc2c(=O)cc(CC(=O)O)[nH]c12. The van der Waals surface area contributed by atoms with Crippen LogP contribution in [0.4, 0.5) is 0 Å². The van der Waals surface area contributed by atoms with E-state index in [1.165, 1.54) is 6.07 Å². The van der Waals surface area contributed by atoms with Crippen molar-refractivity contribution in [2.24, 2.45) is 0 Å². The zero-order valence-electron chi connectivity index (χ0n) is 10.8. The Balaban J connectivity index is 2.61. The first kappa shape index (κ1) is 13.1. The van der Waals surface area contributed by atoms with Crippen LogP contribution in [0.25, 0.3) is 10.9 Å². The van der Waals surface area contributed by atoms with Gasteiger partial charge in [0.15, 0.2) is 5.43 Å². The van der Waals surface area contributed by atoms with Gasteiger partial charge >= 0.3 is 5.97 Å². The van der Waals surface area contributed by atoms with Crippen LogP contribution in [0.2, 0.25) is 0 Å². The molecule has 0 radical (unpaired) electrons. The highest BCUT2D eigenvalue weighted by Crippen LogP contribution is 2.22. The first-order valence-electron chi connectivity index (χ1n) is 6.00. The molecule has 2 rings (SSSR count). The molecular weight excluding hydrogens is 246 g/mol. The van der Waals surface area contributed by atoms with Crippen LogP contribution in [0.3, 0.4) is 0 Å². The third kappa shape index (κ3) is 2.93. The summed E-state index contributed by atoms with van der Waals surface area (Å²) in [6.07, 6.45) is -0.251. The number of H-pyrrole nitrogens is 1. The second kappa shape index (κ2) is 5.14. The molecular formula is C14H15NO4. The Hall–Kier alpha value is -2.30. The largest absolute Gasteiger partial charge is 0.489 e. The molecule has 0 saturated heterocycles. The molecule has 0 aliphatic heterocycles. The number of fused-ring (bicyclic) bond motifs is 1. The van der Waals surface area contributed by atoms with Crippen LogP contribution < -0.4 is 10.2 Å². The van der Waals surface area contributed by atoms with Crippen LogP contribution in [0.1, 0.15) is 19.5 Å². The highest BCUT2D eigenvalue weighted by atomic mass is 16.5. The van der Waals surface area contributed by atoms with Gasteiger partial charge in [-0.25, -0.2) is 0 Å². The van der Waals surface area contributed by atoms with Crippen molar-refractivity contribution in [3.05, 3.63) is 40.2 Å². The molecule has 0 unspecified atom stereocenters. The van der Waals surface area contributed by atoms with E-state index in [1.807, 2.05) is 13.8 Å². The summed E-state index contributed by atoms with van der Waals surface area (Å²) in [5, 5.41) is 9.28. The van der Waals surface area contributed by atoms with E-state index >= 15 is 0 Å². The van der Waals surface area contributed by atoms with Crippen LogP contribution >= 0.6 is 0 Å². The Morgan fingerprint density at radius 3 is 2.79 bits per heavy atom. The lowest BCUT2D eigenvalue weighted by Gasteiger charge is -2.12. The maximum absolute atomic E-state index is 12.0. The number of aliphatic carboxylic acids is 1. The van der Waals surface area contributed by atoms with Crippen LogP contribution in [0, 0.1) is 0 Å². The van der Waals surface area contributed by atoms with Gasteiger partial charge in [0.25, 0.3) is 0 Å². The minimum absolute atomic E-state index is 0.0303. The summed E-state index contributed by atoms with van der Waals surface area (Å²) in [4.78, 5) is 25.6. The molecule has 1 aromatic heterocycles. The van der Waals surface area contributed by atoms with E-state index in [-0.39, 0.29) is 18.0 Å². The van der Waals surface area contributed by atoms with E-state index in [0.717, 1.165) is 0 Å². The number of para-hydroxylation sites is 1. The summed E-state index contributed by atoms with van der Waals surface area (Å²) in [6.45, 7) is 3.77. The number of hydrogen-bond acceptors (Lipinski definition) is 3. The number of aromatic amines is 1. The Labute approximate surface area is 109 Å². The topological polar surface area (TPSA) is 79.4 Å². The van der Waals surface area contributed by atoms with Crippen molar-refractivity contribution in [1.29, 1.82) is 0 Å². The molecule has 0 fully saturated rings. The molecule has 100 valence electrons. The summed E-state index contributed by atoms with van der Waals surface area (Å²) in [7, 11) is 0. The lowest BCUT2D eigenvalue weighted by molar-refractivity contribution is -0.136. The van der Waals surface area contributed by atoms with Gasteiger partial charge in [0.05, 0.1) is 18.0 Å². The van der Waals surface area contributed by atoms with Gasteiger partial charge in [-0.1, -0.05) is 6.07 Å². The Morgan fingerprint density at radius 1 is 1.42 bits per heavy atom. The van der Waals surface area contributed by atoms with Gasteiger partial charge in [0.2, 0.25) is 0 Å². The molecule has 0 saturated carbocycles. The monoisotopic (exact) mass is 261 g/mol. The van der Waals surface area contributed by atoms with Crippen molar-refractivity contribution in [1.82, 2.24) is 4.98 Å². The smallest absolute Gasteiger partial charge is 0.309 e. The van der Waals surface area contributed by atoms with E-state index in [2.05, 4.69) is 4.98 Å². The van der Waals surface area contributed by atoms with Crippen molar-refractivity contribution >= 4 is 16.9 Å². The maximum atomic E-state index is 12.0. The van der Waals surface area contributed by atoms with Gasteiger partial charge in [-0.3, -0.25) is 9.59 Å². The first-order chi connectivity index (χ1) is 8.97. The number of nitrogens with one attached hydrogen (secondary N) is 1. The number of rotatable bonds is 4. The average molecular weight is 261 g/mol. The van der Waals surface area contributed by atoms with E-state index in [0.29, 0.717) is 22.3 Å². The van der Waals surface area contributed by atoms with Crippen molar-refractivity contribution in [2.75, 3.05) is 0 Å². The van der Waals surface area contributed by atoms with Crippen LogP contribution in [-0.2, 0) is 11.2 Å². The predicted octanol–water partition coefficient (Wildman–Crippen LogP) is 1.94. The molecule has 19 heavy (non-hydrogen) atoms. The molecule has 0 aliphatic rings. The number of carboxylic acid groups (broad SMARTS) is 1. The number of carboxylic acids is 1. The molecule has 2 N–H and O–H groups in total. The molecule has 5 nitrogen and oxygen atoms in total. The number of hydrogen-bond donors (Lipinski definition) is 2. The highest BCUT2D eigenvalue weighted by Gasteiger charge is 2.10. The second-order valence-corrected chi connectivity index (χ2v) is 4.57. The lowest BCUT2D eigenvalue weighted by atomic mass is 10.1. The molecule has 5 heteroatoms. The van der Waals surface area contributed by atoms with Gasteiger partial charge in [-0.2, -0.15) is 0 Å². The van der Waals surface area contributed by atoms with Crippen LogP contribution in [0.5, 0.6) is 5.75 Å². The zero-order valence-corrected chi connectivity index (χ0v) is 10.8. The molecule has 1 heterocycles. The number of pyridine rings is 1.